The molecular formula is C24H26ClN3O2S. The maximum atomic E-state index is 12.3. The normalized spacial score (nSPS) is 23.6. The number of nitrogens with zero attached hydrogens (tertiary/aromatic N) is 2. The molecule has 2 aliphatic heterocycles. The van der Waals surface area contributed by atoms with Crippen molar-refractivity contribution < 1.29 is 9.53 Å². The number of hydrogen-bond donors (Lipinski definition) is 1. The lowest BCUT2D eigenvalue weighted by Gasteiger charge is -2.48. The van der Waals surface area contributed by atoms with E-state index < -0.39 is 0 Å². The predicted molar refractivity (Wildman–Crippen MR) is 124 cm³/mol. The highest BCUT2D eigenvalue weighted by molar-refractivity contribution is 7.18. The molecule has 2 fully saturated rings. The summed E-state index contributed by atoms with van der Waals surface area (Å²) in [6, 6.07) is 16.9. The van der Waals surface area contributed by atoms with Crippen molar-refractivity contribution >= 4 is 39.2 Å². The Labute approximate surface area is 191 Å². The number of ether oxygens (including phenoxy) is 1. The van der Waals surface area contributed by atoms with Gasteiger partial charge in [-0.05, 0) is 43.4 Å². The third-order valence-electron chi connectivity index (χ3n) is 6.39. The van der Waals surface area contributed by atoms with Crippen molar-refractivity contribution in [1.29, 1.82) is 0 Å². The molecule has 1 amide bonds. The van der Waals surface area contributed by atoms with Gasteiger partial charge in [0.05, 0.1) is 16.3 Å². The fourth-order valence-electron chi connectivity index (χ4n) is 4.97. The van der Waals surface area contributed by atoms with Crippen LogP contribution in [0.25, 0.3) is 10.2 Å². The van der Waals surface area contributed by atoms with Gasteiger partial charge in [-0.2, -0.15) is 0 Å². The second-order valence-corrected chi connectivity index (χ2v) is 10.0. The average molecular weight is 456 g/mol. The van der Waals surface area contributed by atoms with E-state index in [0.29, 0.717) is 18.7 Å². The minimum Gasteiger partial charge on any atom is -0.445 e. The number of para-hydroxylation sites is 1. The van der Waals surface area contributed by atoms with Gasteiger partial charge in [0.2, 0.25) is 0 Å². The largest absolute Gasteiger partial charge is 0.445 e. The third kappa shape index (κ3) is 4.71. The van der Waals surface area contributed by atoms with E-state index in [1.54, 1.807) is 11.3 Å². The smallest absolute Gasteiger partial charge is 0.407 e. The quantitative estimate of drug-likeness (QED) is 0.531. The first-order valence-corrected chi connectivity index (χ1v) is 12.1. The van der Waals surface area contributed by atoms with E-state index in [1.165, 1.54) is 19.3 Å². The molecular weight excluding hydrogens is 430 g/mol. The summed E-state index contributed by atoms with van der Waals surface area (Å²) in [4.78, 5) is 19.7. The molecule has 1 N–H and O–H groups in total. The van der Waals surface area contributed by atoms with Gasteiger partial charge in [0.15, 0.2) is 0 Å². The molecule has 2 saturated heterocycles. The van der Waals surface area contributed by atoms with E-state index in [9.17, 15) is 4.79 Å². The number of carbonyl (C=O) groups is 1. The highest BCUT2D eigenvalue weighted by Crippen LogP contribution is 2.37. The number of alkyl carbamates (subject to hydrolysis) is 1. The number of carbonyl (C=O) groups excluding carboxylic acids is 1. The van der Waals surface area contributed by atoms with Gasteiger partial charge in [0.1, 0.15) is 17.1 Å². The zero-order chi connectivity index (χ0) is 21.2. The minimum atomic E-state index is -0.318. The second-order valence-electron chi connectivity index (χ2n) is 8.48. The van der Waals surface area contributed by atoms with Crippen LogP contribution in [-0.2, 0) is 17.9 Å². The van der Waals surface area contributed by atoms with Crippen LogP contribution in [0.1, 0.15) is 42.7 Å². The van der Waals surface area contributed by atoms with Crippen LogP contribution in [0.2, 0.25) is 5.02 Å². The molecule has 162 valence electrons. The second kappa shape index (κ2) is 9.15. The van der Waals surface area contributed by atoms with Gasteiger partial charge in [-0.3, -0.25) is 4.90 Å². The summed E-state index contributed by atoms with van der Waals surface area (Å²) < 4.78 is 6.58. The van der Waals surface area contributed by atoms with E-state index >= 15 is 0 Å². The summed E-state index contributed by atoms with van der Waals surface area (Å²) in [5.74, 6) is 0. The highest BCUT2D eigenvalue weighted by atomic mass is 35.5. The molecule has 31 heavy (non-hydrogen) atoms. The maximum absolute atomic E-state index is 12.3. The molecule has 5 rings (SSSR count). The number of aromatic nitrogens is 1. The third-order valence-corrected chi connectivity index (χ3v) is 7.70. The molecule has 0 aliphatic carbocycles. The van der Waals surface area contributed by atoms with E-state index in [2.05, 4.69) is 16.3 Å². The summed E-state index contributed by atoms with van der Waals surface area (Å²) in [5, 5.41) is 4.95. The van der Waals surface area contributed by atoms with Crippen LogP contribution in [0.5, 0.6) is 0 Å². The fraction of sp³-hybridized carbons (Fsp3) is 0.417. The van der Waals surface area contributed by atoms with Crippen LogP contribution in [0.4, 0.5) is 4.79 Å². The Hall–Kier alpha value is -2.15. The molecule has 3 heterocycles. The first kappa shape index (κ1) is 20.7. The molecule has 0 radical (unpaired) electrons. The van der Waals surface area contributed by atoms with Crippen LogP contribution in [0.15, 0.2) is 48.5 Å². The van der Waals surface area contributed by atoms with Crippen molar-refractivity contribution in [3.63, 3.8) is 0 Å². The number of hydrogen-bond acceptors (Lipinski definition) is 5. The summed E-state index contributed by atoms with van der Waals surface area (Å²) in [5.41, 5.74) is 1.91. The Kier molecular flexibility index (Phi) is 6.12. The van der Waals surface area contributed by atoms with E-state index in [-0.39, 0.29) is 12.1 Å². The number of fused-ring (bicyclic) bond motifs is 3. The molecule has 3 aromatic rings. The molecule has 5 nitrogen and oxygen atoms in total. The Morgan fingerprint density at radius 2 is 1.90 bits per heavy atom. The first-order valence-electron chi connectivity index (χ1n) is 10.9. The number of halogens is 1. The van der Waals surface area contributed by atoms with Gasteiger partial charge in [0.25, 0.3) is 0 Å². The Morgan fingerprint density at radius 3 is 2.65 bits per heavy atom. The maximum Gasteiger partial charge on any atom is 0.407 e. The van der Waals surface area contributed by atoms with Gasteiger partial charge < -0.3 is 10.1 Å². The molecule has 0 spiro atoms. The van der Waals surface area contributed by atoms with Crippen LogP contribution >= 0.6 is 22.9 Å². The summed E-state index contributed by atoms with van der Waals surface area (Å²) in [6.45, 7) is 1.16. The van der Waals surface area contributed by atoms with Crippen molar-refractivity contribution in [3.05, 3.63) is 64.1 Å². The van der Waals surface area contributed by atoms with Crippen molar-refractivity contribution in [2.75, 3.05) is 0 Å². The van der Waals surface area contributed by atoms with Gasteiger partial charge >= 0.3 is 6.09 Å². The number of nitrogens with one attached hydrogen (secondary N) is 1. The van der Waals surface area contributed by atoms with Gasteiger partial charge in [-0.25, -0.2) is 9.78 Å². The molecule has 2 atom stereocenters. The van der Waals surface area contributed by atoms with Crippen LogP contribution in [0, 0.1) is 0 Å². The minimum absolute atomic E-state index is 0.166. The van der Waals surface area contributed by atoms with Crippen LogP contribution < -0.4 is 5.32 Å². The SMILES string of the molecule is O=C(NC1CC2CCCC(C1)N2Cc1nc2c(Cl)cccc2s1)OCc1ccccc1. The number of rotatable bonds is 5. The molecule has 2 aromatic carbocycles. The van der Waals surface area contributed by atoms with E-state index in [0.717, 1.165) is 45.2 Å². The summed E-state index contributed by atoms with van der Waals surface area (Å²) in [6.07, 6.45) is 5.19. The van der Waals surface area contributed by atoms with Gasteiger partial charge in [-0.15, -0.1) is 11.3 Å². The molecule has 7 heteroatoms. The number of piperidine rings is 2. The lowest BCUT2D eigenvalue weighted by molar-refractivity contribution is 0.0167. The fourth-order valence-corrected chi connectivity index (χ4v) is 6.25. The zero-order valence-electron chi connectivity index (χ0n) is 17.3. The van der Waals surface area contributed by atoms with Gasteiger partial charge in [-0.1, -0.05) is 54.4 Å². The number of amides is 1. The monoisotopic (exact) mass is 455 g/mol. The van der Waals surface area contributed by atoms with E-state index in [1.807, 2.05) is 42.5 Å². The van der Waals surface area contributed by atoms with Gasteiger partial charge in [0, 0.05) is 18.1 Å². The summed E-state index contributed by atoms with van der Waals surface area (Å²) in [7, 11) is 0. The lowest BCUT2D eigenvalue weighted by Crippen LogP contribution is -2.56. The van der Waals surface area contributed by atoms with Crippen molar-refractivity contribution in [2.45, 2.75) is 63.4 Å². The number of benzene rings is 2. The Bertz CT molecular complexity index is 1040. The topological polar surface area (TPSA) is 54.5 Å². The molecule has 2 bridgehead atoms. The zero-order valence-corrected chi connectivity index (χ0v) is 18.9. The summed E-state index contributed by atoms with van der Waals surface area (Å²) >= 11 is 8.05. The molecule has 2 unspecified atom stereocenters. The average Bonchev–Trinajstić information content (AvgIpc) is 3.18. The molecule has 2 aliphatic rings. The van der Waals surface area contributed by atoms with Crippen molar-refractivity contribution in [2.24, 2.45) is 0 Å². The molecule has 0 saturated carbocycles. The van der Waals surface area contributed by atoms with Crippen LogP contribution in [0.3, 0.4) is 0 Å². The Balaban J connectivity index is 1.20. The van der Waals surface area contributed by atoms with Crippen molar-refractivity contribution in [1.82, 2.24) is 15.2 Å². The number of thiazole rings is 1. The molecule has 1 aromatic heterocycles. The lowest BCUT2D eigenvalue weighted by atomic mass is 9.82. The highest BCUT2D eigenvalue weighted by Gasteiger charge is 2.39. The Morgan fingerprint density at radius 1 is 1.13 bits per heavy atom. The van der Waals surface area contributed by atoms with Crippen LogP contribution in [-0.4, -0.2) is 34.1 Å². The first-order chi connectivity index (χ1) is 15.2. The van der Waals surface area contributed by atoms with Crippen molar-refractivity contribution in [3.8, 4) is 0 Å². The van der Waals surface area contributed by atoms with E-state index in [4.69, 9.17) is 21.3 Å². The predicted octanol–water partition coefficient (Wildman–Crippen LogP) is 5.76. The standard InChI is InChI=1S/C24H26ClN3O2S/c25-20-10-5-11-21-23(20)27-22(31-21)14-28-18-8-4-9-19(28)13-17(12-18)26-24(29)30-15-16-6-2-1-3-7-16/h1-3,5-7,10-11,17-19H,4,8-9,12-15H2,(H,26,29).